The first kappa shape index (κ1) is 18.7. The summed E-state index contributed by atoms with van der Waals surface area (Å²) in [4.78, 5) is 19.6. The number of fused-ring (bicyclic) bond motifs is 2. The number of nitriles is 1. The Hall–Kier alpha value is -3.30. The Morgan fingerprint density at radius 3 is 2.67 bits per heavy atom. The van der Waals surface area contributed by atoms with Gasteiger partial charge in [-0.25, -0.2) is 4.98 Å². The van der Waals surface area contributed by atoms with Crippen molar-refractivity contribution in [1.29, 1.82) is 5.26 Å². The summed E-state index contributed by atoms with van der Waals surface area (Å²) in [5.74, 6) is 0.966. The molecule has 0 unspecified atom stereocenters. The highest BCUT2D eigenvalue weighted by molar-refractivity contribution is 6.35. The molecule has 30 heavy (non-hydrogen) atoms. The number of halogens is 1. The fourth-order valence-corrected chi connectivity index (χ4v) is 4.70. The third kappa shape index (κ3) is 2.86. The quantitative estimate of drug-likeness (QED) is 0.476. The lowest BCUT2D eigenvalue weighted by Crippen LogP contribution is -2.35. The third-order valence-corrected chi connectivity index (χ3v) is 6.22. The fourth-order valence-electron chi connectivity index (χ4n) is 4.40. The first-order valence-corrected chi connectivity index (χ1v) is 10.3. The average Bonchev–Trinajstić information content (AvgIpc) is 3.20. The Labute approximate surface area is 177 Å². The number of piperidine rings is 1. The number of anilines is 1. The van der Waals surface area contributed by atoms with Crippen LogP contribution in [0.3, 0.4) is 0 Å². The van der Waals surface area contributed by atoms with E-state index in [2.05, 4.69) is 16.0 Å². The molecule has 0 N–H and O–H groups in total. The third-order valence-electron chi connectivity index (χ3n) is 5.92. The summed E-state index contributed by atoms with van der Waals surface area (Å²) in [7, 11) is 1.65. The van der Waals surface area contributed by atoms with Gasteiger partial charge in [-0.05, 0) is 31.0 Å². The molecule has 6 nitrogen and oxygen atoms in total. The van der Waals surface area contributed by atoms with Gasteiger partial charge in [0.05, 0.1) is 16.2 Å². The molecule has 150 valence electrons. The van der Waals surface area contributed by atoms with Gasteiger partial charge < -0.3 is 13.9 Å². The van der Waals surface area contributed by atoms with E-state index in [1.807, 2.05) is 36.4 Å². The molecule has 1 aliphatic rings. The smallest absolute Gasteiger partial charge is 0.270 e. The van der Waals surface area contributed by atoms with Gasteiger partial charge in [-0.15, -0.1) is 0 Å². The van der Waals surface area contributed by atoms with Gasteiger partial charge in [-0.3, -0.25) is 4.79 Å². The number of oxazole rings is 1. The van der Waals surface area contributed by atoms with Crippen LogP contribution < -0.4 is 10.5 Å². The Morgan fingerprint density at radius 2 is 1.93 bits per heavy atom. The van der Waals surface area contributed by atoms with Gasteiger partial charge in [0, 0.05) is 31.4 Å². The molecule has 0 atom stereocenters. The van der Waals surface area contributed by atoms with Gasteiger partial charge in [0.15, 0.2) is 11.5 Å². The van der Waals surface area contributed by atoms with E-state index < -0.39 is 0 Å². The van der Waals surface area contributed by atoms with Gasteiger partial charge in [0.2, 0.25) is 0 Å². The zero-order valence-electron chi connectivity index (χ0n) is 16.4. The molecule has 5 rings (SSSR count). The molecule has 2 aromatic carbocycles. The summed E-state index contributed by atoms with van der Waals surface area (Å²) in [6.45, 7) is 1.40. The van der Waals surface area contributed by atoms with E-state index in [0.717, 1.165) is 35.2 Å². The van der Waals surface area contributed by atoms with Crippen LogP contribution in [0.15, 0.2) is 51.7 Å². The lowest BCUT2D eigenvalue weighted by molar-refractivity contribution is 0.407. The van der Waals surface area contributed by atoms with Crippen LogP contribution in [0.4, 0.5) is 5.69 Å². The van der Waals surface area contributed by atoms with Crippen LogP contribution in [-0.2, 0) is 7.05 Å². The number of aryl methyl sites for hydroxylation is 1. The number of nitrogens with zero attached hydrogens (tertiary/aromatic N) is 4. The number of hydrogen-bond acceptors (Lipinski definition) is 5. The maximum atomic E-state index is 12.8. The standard InChI is InChI=1S/C23H19ClN4O2/c1-27-21-15(5-4-6-17(21)24)20(16(13-25)23(27)29)28-11-9-14(10-12-28)22-26-18-7-2-3-8-19(18)30-22/h2-8,14H,9-12H2,1H3. The maximum absolute atomic E-state index is 12.8. The molecule has 0 radical (unpaired) electrons. The largest absolute Gasteiger partial charge is 0.440 e. The summed E-state index contributed by atoms with van der Waals surface area (Å²) in [6, 6.07) is 15.4. The second kappa shape index (κ2) is 7.19. The molecule has 0 spiro atoms. The normalized spacial score (nSPS) is 15.0. The van der Waals surface area contributed by atoms with Gasteiger partial charge >= 0.3 is 0 Å². The summed E-state index contributed by atoms with van der Waals surface area (Å²) in [5, 5.41) is 11.1. The second-order valence-corrected chi connectivity index (χ2v) is 8.02. The molecule has 2 aromatic heterocycles. The van der Waals surface area contributed by atoms with Crippen molar-refractivity contribution in [1.82, 2.24) is 9.55 Å². The molecule has 1 aliphatic heterocycles. The molecule has 7 heteroatoms. The summed E-state index contributed by atoms with van der Waals surface area (Å²) >= 11 is 6.40. The Balaban J connectivity index is 1.52. The zero-order chi connectivity index (χ0) is 20.8. The SMILES string of the molecule is Cn1c(=O)c(C#N)c(N2CCC(c3nc4ccccc4o3)CC2)c2cccc(Cl)c21. The van der Waals surface area contributed by atoms with Crippen LogP contribution in [-0.4, -0.2) is 22.6 Å². The number of hydrogen-bond donors (Lipinski definition) is 0. The minimum Gasteiger partial charge on any atom is -0.440 e. The maximum Gasteiger partial charge on any atom is 0.270 e. The predicted octanol–water partition coefficient (Wildman–Crippen LogP) is 4.59. The average molecular weight is 419 g/mol. The van der Waals surface area contributed by atoms with Gasteiger partial charge in [-0.1, -0.05) is 35.9 Å². The number of aromatic nitrogens is 2. The fraction of sp³-hybridized carbons (Fsp3) is 0.261. The van der Waals surface area contributed by atoms with Crippen molar-refractivity contribution in [3.05, 3.63) is 69.3 Å². The van der Waals surface area contributed by atoms with E-state index in [4.69, 9.17) is 16.0 Å². The van der Waals surface area contributed by atoms with E-state index in [9.17, 15) is 10.1 Å². The summed E-state index contributed by atoms with van der Waals surface area (Å²) in [6.07, 6.45) is 1.66. The highest BCUT2D eigenvalue weighted by Crippen LogP contribution is 2.36. The second-order valence-electron chi connectivity index (χ2n) is 7.62. The molecule has 0 aliphatic carbocycles. The topological polar surface area (TPSA) is 75.1 Å². The first-order valence-electron chi connectivity index (χ1n) is 9.90. The van der Waals surface area contributed by atoms with Crippen LogP contribution in [0, 0.1) is 11.3 Å². The lowest BCUT2D eigenvalue weighted by atomic mass is 9.95. The van der Waals surface area contributed by atoms with Crippen molar-refractivity contribution in [3.63, 3.8) is 0 Å². The Kier molecular flexibility index (Phi) is 4.48. The summed E-state index contributed by atoms with van der Waals surface area (Å²) in [5.41, 5.74) is 2.83. The van der Waals surface area contributed by atoms with Crippen LogP contribution in [0.2, 0.25) is 5.02 Å². The molecule has 0 saturated carbocycles. The molecule has 1 saturated heterocycles. The first-order chi connectivity index (χ1) is 14.6. The molecule has 0 amide bonds. The number of rotatable bonds is 2. The van der Waals surface area contributed by atoms with Gasteiger partial charge in [-0.2, -0.15) is 5.26 Å². The molecular weight excluding hydrogens is 400 g/mol. The highest BCUT2D eigenvalue weighted by Gasteiger charge is 2.28. The van der Waals surface area contributed by atoms with E-state index in [0.29, 0.717) is 29.3 Å². The van der Waals surface area contributed by atoms with Gasteiger partial charge in [0.25, 0.3) is 5.56 Å². The number of benzene rings is 2. The molecule has 0 bridgehead atoms. The van der Waals surface area contributed by atoms with E-state index in [-0.39, 0.29) is 17.0 Å². The van der Waals surface area contributed by atoms with Crippen LogP contribution in [0.25, 0.3) is 22.0 Å². The summed E-state index contributed by atoms with van der Waals surface area (Å²) < 4.78 is 7.42. The van der Waals surface area contributed by atoms with E-state index in [1.54, 1.807) is 13.1 Å². The molecule has 4 aromatic rings. The number of pyridine rings is 1. The Morgan fingerprint density at radius 1 is 1.17 bits per heavy atom. The number of para-hydroxylation sites is 3. The molecule has 3 heterocycles. The molecular formula is C23H19ClN4O2. The van der Waals surface area contributed by atoms with Crippen LogP contribution >= 0.6 is 11.6 Å². The minimum atomic E-state index is -0.325. The van der Waals surface area contributed by atoms with Crippen LogP contribution in [0.1, 0.15) is 30.2 Å². The van der Waals surface area contributed by atoms with Crippen molar-refractivity contribution in [3.8, 4) is 6.07 Å². The monoisotopic (exact) mass is 418 g/mol. The van der Waals surface area contributed by atoms with Crippen molar-refractivity contribution < 1.29 is 4.42 Å². The van der Waals surface area contributed by atoms with Crippen molar-refractivity contribution in [2.45, 2.75) is 18.8 Å². The van der Waals surface area contributed by atoms with E-state index >= 15 is 0 Å². The van der Waals surface area contributed by atoms with Crippen molar-refractivity contribution in [2.75, 3.05) is 18.0 Å². The van der Waals surface area contributed by atoms with Crippen molar-refractivity contribution >= 4 is 39.3 Å². The van der Waals surface area contributed by atoms with Crippen LogP contribution in [0.5, 0.6) is 0 Å². The van der Waals surface area contributed by atoms with Crippen molar-refractivity contribution in [2.24, 2.45) is 7.05 Å². The molecule has 1 fully saturated rings. The predicted molar refractivity (Wildman–Crippen MR) is 117 cm³/mol. The Bertz CT molecular complexity index is 1340. The van der Waals surface area contributed by atoms with Gasteiger partial charge in [0.1, 0.15) is 17.1 Å². The minimum absolute atomic E-state index is 0.160. The zero-order valence-corrected chi connectivity index (χ0v) is 17.2. The highest BCUT2D eigenvalue weighted by atomic mass is 35.5. The lowest BCUT2D eigenvalue weighted by Gasteiger charge is -2.33. The van der Waals surface area contributed by atoms with E-state index in [1.165, 1.54) is 4.57 Å².